The summed E-state index contributed by atoms with van der Waals surface area (Å²) < 4.78 is 9.68. The summed E-state index contributed by atoms with van der Waals surface area (Å²) in [6.07, 6.45) is 3.59. The van der Waals surface area contributed by atoms with E-state index in [9.17, 15) is 9.59 Å². The van der Waals surface area contributed by atoms with Gasteiger partial charge in [0.1, 0.15) is 0 Å². The van der Waals surface area contributed by atoms with Crippen molar-refractivity contribution in [1.82, 2.24) is 0 Å². The largest absolute Gasteiger partial charge is 0.465 e. The first-order valence-corrected chi connectivity index (χ1v) is 10.5. The van der Waals surface area contributed by atoms with Crippen molar-refractivity contribution < 1.29 is 19.1 Å². The van der Waals surface area contributed by atoms with Crippen LogP contribution in [0.25, 0.3) is 0 Å². The fourth-order valence-electron chi connectivity index (χ4n) is 5.68. The summed E-state index contributed by atoms with van der Waals surface area (Å²) in [7, 11) is 2.81. The number of hydrogen-bond donors (Lipinski definition) is 0. The number of fused-ring (bicyclic) bond motifs is 1. The van der Waals surface area contributed by atoms with Gasteiger partial charge in [-0.2, -0.15) is 0 Å². The van der Waals surface area contributed by atoms with Gasteiger partial charge in [0.05, 0.1) is 25.3 Å². The minimum absolute atomic E-state index is 0.102. The predicted octanol–water partition coefficient (Wildman–Crippen LogP) is 5.26. The van der Waals surface area contributed by atoms with Gasteiger partial charge < -0.3 is 9.47 Å². The molecule has 0 amide bonds. The zero-order valence-corrected chi connectivity index (χ0v) is 18.0. The predicted molar refractivity (Wildman–Crippen MR) is 115 cm³/mol. The summed E-state index contributed by atoms with van der Waals surface area (Å²) in [5.74, 6) is 3.31. The molecule has 0 aliphatic heterocycles. The van der Waals surface area contributed by atoms with Gasteiger partial charge in [-0.15, -0.1) is 0 Å². The monoisotopic (exact) mass is 404 g/mol. The highest BCUT2D eigenvalue weighted by atomic mass is 16.5. The van der Waals surface area contributed by atoms with Crippen molar-refractivity contribution >= 4 is 11.9 Å². The van der Waals surface area contributed by atoms with E-state index >= 15 is 0 Å². The number of rotatable bonds is 4. The molecule has 156 valence electrons. The van der Waals surface area contributed by atoms with Crippen molar-refractivity contribution in [2.45, 2.75) is 33.1 Å². The molecular formula is C26H28O4. The highest BCUT2D eigenvalue weighted by Gasteiger charge is 2.57. The molecule has 30 heavy (non-hydrogen) atoms. The maximum atomic E-state index is 11.8. The molecule has 0 aromatic heterocycles. The van der Waals surface area contributed by atoms with Gasteiger partial charge in [0, 0.05) is 11.8 Å². The van der Waals surface area contributed by atoms with E-state index in [2.05, 4.69) is 38.1 Å². The molecule has 0 heterocycles. The van der Waals surface area contributed by atoms with E-state index < -0.39 is 0 Å². The fraction of sp³-hybridized carbons (Fsp3) is 0.385. The maximum absolute atomic E-state index is 11.8. The Morgan fingerprint density at radius 2 is 1.10 bits per heavy atom. The van der Waals surface area contributed by atoms with Crippen LogP contribution in [0.2, 0.25) is 0 Å². The second-order valence-corrected chi connectivity index (χ2v) is 8.73. The SMILES string of the molecule is COC(=O)c1ccc([C]2C3CCCC3[C](c3ccc(C(=O)OC)cc3)C2(C)C)cc1. The number of ether oxygens (including phenoxy) is 2. The lowest BCUT2D eigenvalue weighted by Crippen LogP contribution is -2.26. The van der Waals surface area contributed by atoms with E-state index in [0.717, 1.165) is 0 Å². The van der Waals surface area contributed by atoms with E-state index in [-0.39, 0.29) is 17.4 Å². The molecular weight excluding hydrogens is 376 g/mol. The highest BCUT2D eigenvalue weighted by Crippen LogP contribution is 2.66. The lowest BCUT2D eigenvalue weighted by atomic mass is 9.68. The van der Waals surface area contributed by atoms with Crippen LogP contribution in [0, 0.1) is 29.1 Å². The van der Waals surface area contributed by atoms with Gasteiger partial charge in [-0.25, -0.2) is 9.59 Å². The van der Waals surface area contributed by atoms with E-state index in [1.165, 1.54) is 56.4 Å². The summed E-state index contributed by atoms with van der Waals surface area (Å²) in [5, 5.41) is 0. The molecule has 2 aromatic carbocycles. The molecule has 0 bridgehead atoms. The van der Waals surface area contributed by atoms with Gasteiger partial charge in [0.25, 0.3) is 0 Å². The van der Waals surface area contributed by atoms with Crippen LogP contribution in [0.3, 0.4) is 0 Å². The Hall–Kier alpha value is -2.62. The summed E-state index contributed by atoms with van der Waals surface area (Å²) >= 11 is 0. The van der Waals surface area contributed by atoms with Crippen molar-refractivity contribution in [3.05, 3.63) is 82.6 Å². The third kappa shape index (κ3) is 3.32. The maximum Gasteiger partial charge on any atom is 0.337 e. The lowest BCUT2D eigenvalue weighted by Gasteiger charge is -2.35. The topological polar surface area (TPSA) is 52.6 Å². The summed E-state index contributed by atoms with van der Waals surface area (Å²) in [6, 6.07) is 15.7. The van der Waals surface area contributed by atoms with Crippen molar-refractivity contribution in [2.75, 3.05) is 14.2 Å². The van der Waals surface area contributed by atoms with E-state index in [4.69, 9.17) is 9.47 Å². The van der Waals surface area contributed by atoms with Crippen LogP contribution in [0.15, 0.2) is 48.5 Å². The van der Waals surface area contributed by atoms with Gasteiger partial charge in [-0.3, -0.25) is 0 Å². The minimum Gasteiger partial charge on any atom is -0.465 e. The third-order valence-electron chi connectivity index (χ3n) is 6.84. The Bertz CT molecular complexity index is 851. The zero-order chi connectivity index (χ0) is 21.5. The van der Waals surface area contributed by atoms with E-state index in [0.29, 0.717) is 23.0 Å². The molecule has 2 unspecified atom stereocenters. The van der Waals surface area contributed by atoms with Crippen LogP contribution in [-0.2, 0) is 9.47 Å². The smallest absolute Gasteiger partial charge is 0.337 e. The molecule has 4 nitrogen and oxygen atoms in total. The Kier molecular flexibility index (Phi) is 5.44. The van der Waals surface area contributed by atoms with Crippen LogP contribution in [0.1, 0.15) is 65.0 Å². The van der Waals surface area contributed by atoms with Gasteiger partial charge in [0.2, 0.25) is 0 Å². The van der Waals surface area contributed by atoms with Crippen molar-refractivity contribution in [1.29, 1.82) is 0 Å². The first-order chi connectivity index (χ1) is 14.4. The molecule has 2 atom stereocenters. The van der Waals surface area contributed by atoms with Gasteiger partial charge in [-0.1, -0.05) is 44.5 Å². The molecule has 0 spiro atoms. The first kappa shape index (κ1) is 20.6. The van der Waals surface area contributed by atoms with Gasteiger partial charge >= 0.3 is 11.9 Å². The Balaban J connectivity index is 1.69. The van der Waals surface area contributed by atoms with Crippen molar-refractivity contribution in [3.8, 4) is 0 Å². The van der Waals surface area contributed by atoms with Crippen molar-refractivity contribution in [2.24, 2.45) is 17.3 Å². The lowest BCUT2D eigenvalue weighted by molar-refractivity contribution is 0.0592. The van der Waals surface area contributed by atoms with Gasteiger partial charge in [-0.05, 0) is 65.5 Å². The average molecular weight is 405 g/mol. The summed E-state index contributed by atoms with van der Waals surface area (Å²) in [4.78, 5) is 23.6. The standard InChI is InChI=1S/C26H28O4/c1-26(2)22(16-8-12-18(13-9-16)24(27)29-3)20-6-5-7-21(20)23(26)17-10-14-19(15-11-17)25(28)30-4/h8-15,20-21H,5-7H2,1-4H3. The molecule has 4 rings (SSSR count). The molecule has 2 fully saturated rings. The second-order valence-electron chi connectivity index (χ2n) is 8.73. The van der Waals surface area contributed by atoms with Crippen LogP contribution in [0.4, 0.5) is 0 Å². The van der Waals surface area contributed by atoms with Crippen LogP contribution in [-0.4, -0.2) is 26.2 Å². The molecule has 2 aromatic rings. The molecule has 4 heteroatoms. The summed E-state index contributed by atoms with van der Waals surface area (Å²) in [5.41, 5.74) is 3.44. The minimum atomic E-state index is -0.311. The second kappa shape index (κ2) is 7.90. The third-order valence-corrected chi connectivity index (χ3v) is 6.84. The van der Waals surface area contributed by atoms with Crippen LogP contribution >= 0.6 is 0 Å². The fourth-order valence-corrected chi connectivity index (χ4v) is 5.68. The first-order valence-electron chi connectivity index (χ1n) is 10.5. The number of methoxy groups -OCH3 is 2. The highest BCUT2D eigenvalue weighted by molar-refractivity contribution is 5.90. The van der Waals surface area contributed by atoms with E-state index in [1.807, 2.05) is 24.3 Å². The zero-order valence-electron chi connectivity index (χ0n) is 18.0. The number of esters is 2. The number of hydrogen-bond acceptors (Lipinski definition) is 4. The van der Waals surface area contributed by atoms with Crippen LogP contribution < -0.4 is 0 Å². The average Bonchev–Trinajstić information content (AvgIpc) is 3.29. The normalized spacial score (nSPS) is 23.2. The quantitative estimate of drug-likeness (QED) is 0.652. The Morgan fingerprint density at radius 1 is 0.733 bits per heavy atom. The molecule has 2 radical (unpaired) electrons. The number of carbonyl (C=O) groups excluding carboxylic acids is 2. The molecule has 2 saturated carbocycles. The summed E-state index contributed by atoms with van der Waals surface area (Å²) in [6.45, 7) is 4.61. The molecule has 2 aliphatic rings. The molecule has 2 aliphatic carbocycles. The van der Waals surface area contributed by atoms with Crippen LogP contribution in [0.5, 0.6) is 0 Å². The van der Waals surface area contributed by atoms with Crippen molar-refractivity contribution in [3.63, 3.8) is 0 Å². The number of benzene rings is 2. The molecule has 0 saturated heterocycles. The van der Waals surface area contributed by atoms with E-state index in [1.54, 1.807) is 0 Å². The Labute approximate surface area is 178 Å². The molecule has 0 N–H and O–H groups in total. The van der Waals surface area contributed by atoms with Gasteiger partial charge in [0.15, 0.2) is 0 Å². The Morgan fingerprint density at radius 3 is 1.43 bits per heavy atom. The number of carbonyl (C=O) groups is 2.